The number of aryl methyl sites for hydroxylation is 2. The summed E-state index contributed by atoms with van der Waals surface area (Å²) in [5, 5.41) is 3.21. The number of anilines is 2. The third-order valence-corrected chi connectivity index (χ3v) is 5.69. The van der Waals surface area contributed by atoms with Crippen LogP contribution < -0.4 is 15.6 Å². The molecule has 0 bridgehead atoms. The Kier molecular flexibility index (Phi) is 6.60. The van der Waals surface area contributed by atoms with Gasteiger partial charge in [-0.05, 0) is 50.8 Å². The van der Waals surface area contributed by atoms with E-state index in [1.165, 1.54) is 17.0 Å². The van der Waals surface area contributed by atoms with E-state index in [-0.39, 0.29) is 35.1 Å². The summed E-state index contributed by atoms with van der Waals surface area (Å²) in [5.74, 6) is 0.304. The van der Waals surface area contributed by atoms with Gasteiger partial charge < -0.3 is 19.4 Å². The normalized spacial score (nSPS) is 13.9. The molecule has 0 aliphatic heterocycles. The zero-order valence-electron chi connectivity index (χ0n) is 18.5. The third-order valence-electron chi connectivity index (χ3n) is 5.51. The molecule has 10 heteroatoms. The van der Waals surface area contributed by atoms with Crippen LogP contribution in [0.5, 0.6) is 5.88 Å². The smallest absolute Gasteiger partial charge is 0.339 e. The minimum absolute atomic E-state index is 0.0420. The molecule has 3 heterocycles. The molecule has 0 unspecified atom stereocenters. The van der Waals surface area contributed by atoms with Gasteiger partial charge in [0.05, 0.1) is 30.1 Å². The molecule has 1 fully saturated rings. The SMILES string of the molecule is COc1nc(C)c(Nc2nc(Cl)cn([C@H](COC(=O)c3cccnc3)C3CC3)c2=O)cc1C. The molecule has 33 heavy (non-hydrogen) atoms. The molecule has 9 nitrogen and oxygen atoms in total. The van der Waals surface area contributed by atoms with E-state index in [9.17, 15) is 9.59 Å². The second kappa shape index (κ2) is 9.58. The Morgan fingerprint density at radius 1 is 1.33 bits per heavy atom. The molecule has 0 spiro atoms. The summed E-state index contributed by atoms with van der Waals surface area (Å²) < 4.78 is 12.3. The average molecular weight is 470 g/mol. The number of ether oxygens (including phenoxy) is 2. The van der Waals surface area contributed by atoms with Crippen molar-refractivity contribution in [1.82, 2.24) is 19.5 Å². The highest BCUT2D eigenvalue weighted by atomic mass is 35.5. The Morgan fingerprint density at radius 3 is 2.79 bits per heavy atom. The molecule has 1 aliphatic rings. The van der Waals surface area contributed by atoms with E-state index in [4.69, 9.17) is 21.1 Å². The molecule has 1 saturated carbocycles. The van der Waals surface area contributed by atoms with Crippen molar-refractivity contribution in [3.8, 4) is 5.88 Å². The van der Waals surface area contributed by atoms with Crippen molar-refractivity contribution < 1.29 is 14.3 Å². The fourth-order valence-corrected chi connectivity index (χ4v) is 3.79. The molecule has 0 amide bonds. The predicted molar refractivity (Wildman–Crippen MR) is 123 cm³/mol. The van der Waals surface area contributed by atoms with E-state index in [1.54, 1.807) is 32.4 Å². The summed E-state index contributed by atoms with van der Waals surface area (Å²) in [6.07, 6.45) is 6.38. The number of carbonyl (C=O) groups is 1. The maximum Gasteiger partial charge on any atom is 0.339 e. The van der Waals surface area contributed by atoms with Crippen LogP contribution in [0.25, 0.3) is 0 Å². The standard InChI is InChI=1S/C23H24ClN5O4/c1-13-9-17(14(2)26-21(13)32-3)27-20-22(30)29(11-19(24)28-20)18(15-6-7-15)12-33-23(31)16-5-4-8-25-10-16/h4-5,8-11,15,18H,6-7,12H2,1-3H3,(H,27,28)/t18-/m1/s1. The molecule has 0 aromatic carbocycles. The van der Waals surface area contributed by atoms with Crippen LogP contribution >= 0.6 is 11.6 Å². The van der Waals surface area contributed by atoms with E-state index in [0.717, 1.165) is 18.4 Å². The Bertz CT molecular complexity index is 1230. The van der Waals surface area contributed by atoms with E-state index >= 15 is 0 Å². The van der Waals surface area contributed by atoms with E-state index < -0.39 is 5.97 Å². The summed E-state index contributed by atoms with van der Waals surface area (Å²) in [4.78, 5) is 38.2. The van der Waals surface area contributed by atoms with Gasteiger partial charge in [-0.2, -0.15) is 0 Å². The number of rotatable bonds is 8. The van der Waals surface area contributed by atoms with Crippen LogP contribution in [0.1, 0.15) is 40.5 Å². The maximum absolute atomic E-state index is 13.3. The Morgan fingerprint density at radius 2 is 2.12 bits per heavy atom. The second-order valence-electron chi connectivity index (χ2n) is 7.94. The molecule has 0 radical (unpaired) electrons. The van der Waals surface area contributed by atoms with Gasteiger partial charge in [0.25, 0.3) is 5.56 Å². The molecule has 3 aromatic heterocycles. The molecule has 4 rings (SSSR count). The zero-order chi connectivity index (χ0) is 23.5. The lowest BCUT2D eigenvalue weighted by Crippen LogP contribution is -2.31. The Hall–Kier alpha value is -3.46. The summed E-state index contributed by atoms with van der Waals surface area (Å²) in [6.45, 7) is 3.71. The lowest BCUT2D eigenvalue weighted by molar-refractivity contribution is 0.0429. The summed E-state index contributed by atoms with van der Waals surface area (Å²) >= 11 is 6.27. The van der Waals surface area contributed by atoms with Gasteiger partial charge in [0.15, 0.2) is 5.82 Å². The fourth-order valence-electron chi connectivity index (χ4n) is 3.60. The number of carbonyl (C=O) groups excluding carboxylic acids is 1. The lowest BCUT2D eigenvalue weighted by Gasteiger charge is -2.21. The largest absolute Gasteiger partial charge is 0.481 e. The molecule has 3 aromatic rings. The third kappa shape index (κ3) is 5.14. The first-order valence-corrected chi connectivity index (χ1v) is 10.9. The number of halogens is 1. The predicted octanol–water partition coefficient (Wildman–Crippen LogP) is 3.86. The van der Waals surface area contributed by atoms with Gasteiger partial charge in [0.1, 0.15) is 11.8 Å². The number of nitrogens with one attached hydrogen (secondary N) is 1. The van der Waals surface area contributed by atoms with Crippen molar-refractivity contribution >= 4 is 29.1 Å². The first-order chi connectivity index (χ1) is 15.9. The highest BCUT2D eigenvalue weighted by Crippen LogP contribution is 2.40. The number of methoxy groups -OCH3 is 1. The van der Waals surface area contributed by atoms with Crippen molar-refractivity contribution in [3.63, 3.8) is 0 Å². The van der Waals surface area contributed by atoms with Crippen LogP contribution in [-0.2, 0) is 4.74 Å². The van der Waals surface area contributed by atoms with Crippen LogP contribution in [0.4, 0.5) is 11.5 Å². The van der Waals surface area contributed by atoms with Crippen molar-refractivity contribution in [2.75, 3.05) is 19.0 Å². The first kappa shape index (κ1) is 22.7. The van der Waals surface area contributed by atoms with Gasteiger partial charge in [0, 0.05) is 24.2 Å². The Labute approximate surface area is 195 Å². The van der Waals surface area contributed by atoms with E-state index in [2.05, 4.69) is 20.3 Å². The maximum atomic E-state index is 13.3. The lowest BCUT2D eigenvalue weighted by atomic mass is 10.2. The number of esters is 1. The van der Waals surface area contributed by atoms with Gasteiger partial charge in [-0.25, -0.2) is 14.8 Å². The van der Waals surface area contributed by atoms with Crippen LogP contribution in [0.2, 0.25) is 5.15 Å². The first-order valence-electron chi connectivity index (χ1n) is 10.5. The molecule has 1 aliphatic carbocycles. The van der Waals surface area contributed by atoms with Crippen LogP contribution in [0.15, 0.2) is 41.6 Å². The van der Waals surface area contributed by atoms with E-state index in [1.807, 2.05) is 13.0 Å². The molecular weight excluding hydrogens is 446 g/mol. The zero-order valence-corrected chi connectivity index (χ0v) is 19.3. The van der Waals surface area contributed by atoms with Crippen LogP contribution in [-0.4, -0.2) is 39.2 Å². The van der Waals surface area contributed by atoms with Gasteiger partial charge in [-0.1, -0.05) is 11.6 Å². The summed E-state index contributed by atoms with van der Waals surface area (Å²) in [7, 11) is 1.55. The second-order valence-corrected chi connectivity index (χ2v) is 8.33. The highest BCUT2D eigenvalue weighted by Gasteiger charge is 2.35. The molecular formula is C23H24ClN5O4. The minimum Gasteiger partial charge on any atom is -0.481 e. The topological polar surface area (TPSA) is 108 Å². The van der Waals surface area contributed by atoms with Crippen molar-refractivity contribution in [2.24, 2.45) is 5.92 Å². The quantitative estimate of drug-likeness (QED) is 0.495. The number of hydrogen-bond acceptors (Lipinski definition) is 8. The van der Waals surface area contributed by atoms with Gasteiger partial charge in [-0.3, -0.25) is 9.78 Å². The van der Waals surface area contributed by atoms with Gasteiger partial charge in [-0.15, -0.1) is 0 Å². The van der Waals surface area contributed by atoms with E-state index in [0.29, 0.717) is 22.8 Å². The summed E-state index contributed by atoms with van der Waals surface area (Å²) in [6, 6.07) is 4.78. The number of hydrogen-bond donors (Lipinski definition) is 1. The highest BCUT2D eigenvalue weighted by molar-refractivity contribution is 6.29. The molecule has 1 N–H and O–H groups in total. The fraction of sp³-hybridized carbons (Fsp3) is 0.348. The molecule has 1 atom stereocenters. The van der Waals surface area contributed by atoms with Gasteiger partial charge in [0.2, 0.25) is 5.88 Å². The number of nitrogens with zero attached hydrogens (tertiary/aromatic N) is 4. The number of aromatic nitrogens is 4. The summed E-state index contributed by atoms with van der Waals surface area (Å²) in [5.41, 5.74) is 2.08. The van der Waals surface area contributed by atoms with Gasteiger partial charge >= 0.3 is 5.97 Å². The number of pyridine rings is 2. The van der Waals surface area contributed by atoms with Crippen molar-refractivity contribution in [2.45, 2.75) is 32.7 Å². The molecule has 0 saturated heterocycles. The monoisotopic (exact) mass is 469 g/mol. The molecule has 172 valence electrons. The van der Waals surface area contributed by atoms with Crippen LogP contribution in [0, 0.1) is 19.8 Å². The van der Waals surface area contributed by atoms with Crippen molar-refractivity contribution in [3.05, 3.63) is 69.1 Å². The van der Waals surface area contributed by atoms with Crippen LogP contribution in [0.3, 0.4) is 0 Å². The minimum atomic E-state index is -0.490. The average Bonchev–Trinajstić information content (AvgIpc) is 3.64. The van der Waals surface area contributed by atoms with Crippen molar-refractivity contribution in [1.29, 1.82) is 0 Å². The Balaban J connectivity index is 1.60.